The number of hydrogen-bond acceptors (Lipinski definition) is 4. The van der Waals surface area contributed by atoms with Crippen LogP contribution in [-0.4, -0.2) is 21.8 Å². The van der Waals surface area contributed by atoms with Gasteiger partial charge in [-0.2, -0.15) is 0 Å². The summed E-state index contributed by atoms with van der Waals surface area (Å²) in [6, 6.07) is 5.95. The highest BCUT2D eigenvalue weighted by Gasteiger charge is 2.07. The first-order chi connectivity index (χ1) is 9.49. The van der Waals surface area contributed by atoms with Gasteiger partial charge in [0.1, 0.15) is 0 Å². The van der Waals surface area contributed by atoms with Crippen LogP contribution in [0.3, 0.4) is 0 Å². The first-order valence-electron chi connectivity index (χ1n) is 6.40. The summed E-state index contributed by atoms with van der Waals surface area (Å²) >= 11 is 0. The van der Waals surface area contributed by atoms with E-state index in [2.05, 4.69) is 20.6 Å². The van der Waals surface area contributed by atoms with Crippen LogP contribution in [0, 0.1) is 19.3 Å². The molecule has 2 aromatic rings. The number of aryl methyl sites for hydroxylation is 2. The first kappa shape index (κ1) is 13.9. The molecule has 6 heteroatoms. The van der Waals surface area contributed by atoms with Crippen LogP contribution in [0.15, 0.2) is 18.2 Å². The van der Waals surface area contributed by atoms with Crippen LogP contribution in [0.2, 0.25) is 0 Å². The lowest BCUT2D eigenvalue weighted by Gasteiger charge is -2.09. The highest BCUT2D eigenvalue weighted by molar-refractivity contribution is 6.01. The van der Waals surface area contributed by atoms with E-state index in [0.29, 0.717) is 12.4 Å². The van der Waals surface area contributed by atoms with Gasteiger partial charge in [0.05, 0.1) is 11.2 Å². The van der Waals surface area contributed by atoms with Gasteiger partial charge < -0.3 is 0 Å². The molecule has 0 saturated carbocycles. The third-order valence-electron chi connectivity index (χ3n) is 2.87. The zero-order chi connectivity index (χ0) is 14.7. The Morgan fingerprint density at radius 2 is 2.05 bits per heavy atom. The first-order valence-corrected chi connectivity index (χ1v) is 6.40. The van der Waals surface area contributed by atoms with Crippen molar-refractivity contribution in [3.63, 3.8) is 0 Å². The number of hydrogen-bond donors (Lipinski definition) is 3. The van der Waals surface area contributed by atoms with Crippen molar-refractivity contribution < 1.29 is 4.79 Å². The molecule has 0 bridgehead atoms. The number of nitrogens with zero attached hydrogens (tertiary/aromatic N) is 2. The molecule has 3 N–H and O–H groups in total. The van der Waals surface area contributed by atoms with E-state index in [4.69, 9.17) is 5.41 Å². The molecule has 104 valence electrons. The quantitative estimate of drug-likeness (QED) is 0.576. The van der Waals surface area contributed by atoms with Gasteiger partial charge in [-0.1, -0.05) is 19.1 Å². The highest BCUT2D eigenvalue weighted by atomic mass is 16.1. The largest absolute Gasteiger partial charge is 0.297 e. The molecule has 6 nitrogen and oxygen atoms in total. The van der Waals surface area contributed by atoms with Crippen molar-refractivity contribution in [3.8, 4) is 0 Å². The average Bonchev–Trinajstić information content (AvgIpc) is 2.37. The summed E-state index contributed by atoms with van der Waals surface area (Å²) < 4.78 is 0. The molecule has 0 aliphatic heterocycles. The lowest BCUT2D eigenvalue weighted by Crippen LogP contribution is -2.35. The van der Waals surface area contributed by atoms with Gasteiger partial charge >= 0.3 is 0 Å². The van der Waals surface area contributed by atoms with Gasteiger partial charge in [-0.15, -0.1) is 0 Å². The molecule has 0 aliphatic carbocycles. The molecule has 0 unspecified atom stereocenters. The van der Waals surface area contributed by atoms with Gasteiger partial charge in [-0.3, -0.25) is 20.8 Å². The van der Waals surface area contributed by atoms with E-state index in [9.17, 15) is 4.79 Å². The number of guanidine groups is 1. The SMILES string of the molecule is CCC(=O)NC(=N)Nc1nc(C)c2ccc(C)cc2n1. The number of fused-ring (bicyclic) bond motifs is 1. The number of anilines is 1. The molecule has 1 aromatic heterocycles. The molecule has 1 heterocycles. The normalized spacial score (nSPS) is 10.3. The minimum Gasteiger partial charge on any atom is -0.297 e. The maximum Gasteiger partial charge on any atom is 0.230 e. The third-order valence-corrected chi connectivity index (χ3v) is 2.87. The Hall–Kier alpha value is -2.50. The molecule has 0 aliphatic rings. The van der Waals surface area contributed by atoms with Gasteiger partial charge in [0.2, 0.25) is 17.8 Å². The second kappa shape index (κ2) is 5.64. The van der Waals surface area contributed by atoms with Gasteiger partial charge in [0.25, 0.3) is 0 Å². The van der Waals surface area contributed by atoms with Gasteiger partial charge in [-0.05, 0) is 25.5 Å². The predicted molar refractivity (Wildman–Crippen MR) is 78.8 cm³/mol. The monoisotopic (exact) mass is 271 g/mol. The number of aromatic nitrogens is 2. The molecule has 0 atom stereocenters. The minimum atomic E-state index is -0.226. The van der Waals surface area contributed by atoms with Gasteiger partial charge in [-0.25, -0.2) is 9.97 Å². The van der Waals surface area contributed by atoms with Crippen LogP contribution in [0.5, 0.6) is 0 Å². The number of nitrogens with one attached hydrogen (secondary N) is 3. The Morgan fingerprint density at radius 3 is 2.75 bits per heavy atom. The van der Waals surface area contributed by atoms with Crippen LogP contribution in [-0.2, 0) is 4.79 Å². The van der Waals surface area contributed by atoms with Gasteiger partial charge in [0.15, 0.2) is 0 Å². The van der Waals surface area contributed by atoms with E-state index in [1.807, 2.05) is 32.0 Å². The summed E-state index contributed by atoms with van der Waals surface area (Å²) in [5.41, 5.74) is 2.75. The van der Waals surface area contributed by atoms with Crippen LogP contribution >= 0.6 is 0 Å². The van der Waals surface area contributed by atoms with Crippen LogP contribution in [0.25, 0.3) is 10.9 Å². The van der Waals surface area contributed by atoms with Crippen LogP contribution < -0.4 is 10.6 Å². The fraction of sp³-hybridized carbons (Fsp3) is 0.286. The van der Waals surface area contributed by atoms with E-state index in [1.165, 1.54) is 0 Å². The number of benzene rings is 1. The Kier molecular flexibility index (Phi) is 3.93. The number of carbonyl (C=O) groups excluding carboxylic acids is 1. The highest BCUT2D eigenvalue weighted by Crippen LogP contribution is 2.18. The molecular formula is C14H17N5O. The van der Waals surface area contributed by atoms with Crippen molar-refractivity contribution >= 4 is 28.7 Å². The molecule has 0 spiro atoms. The lowest BCUT2D eigenvalue weighted by atomic mass is 10.1. The molecule has 0 fully saturated rings. The summed E-state index contributed by atoms with van der Waals surface area (Å²) in [4.78, 5) is 19.8. The summed E-state index contributed by atoms with van der Waals surface area (Å²) in [5, 5.41) is 13.7. The smallest absolute Gasteiger partial charge is 0.230 e. The maximum atomic E-state index is 11.2. The minimum absolute atomic E-state index is 0.122. The molecule has 0 saturated heterocycles. The van der Waals surface area contributed by atoms with Gasteiger partial charge in [0, 0.05) is 11.8 Å². The van der Waals surface area contributed by atoms with E-state index in [1.54, 1.807) is 6.92 Å². The molecule has 1 aromatic carbocycles. The standard InChI is InChI=1S/C14H17N5O/c1-4-12(20)18-13(15)19-14-16-9(3)10-6-5-8(2)7-11(10)17-14/h5-7H,4H2,1-3H3,(H3,15,16,17,18,19,20). The number of amides is 1. The number of carbonyl (C=O) groups is 1. The molecule has 20 heavy (non-hydrogen) atoms. The summed E-state index contributed by atoms with van der Waals surface area (Å²) in [7, 11) is 0. The summed E-state index contributed by atoms with van der Waals surface area (Å²) in [6.45, 7) is 5.61. The molecular weight excluding hydrogens is 254 g/mol. The maximum absolute atomic E-state index is 11.2. The summed E-state index contributed by atoms with van der Waals surface area (Å²) in [6.07, 6.45) is 0.320. The topological polar surface area (TPSA) is 90.8 Å². The predicted octanol–water partition coefficient (Wildman–Crippen LogP) is 2.12. The average molecular weight is 271 g/mol. The number of rotatable bonds is 2. The van der Waals surface area contributed by atoms with Crippen molar-refractivity contribution in [1.82, 2.24) is 15.3 Å². The Bertz CT molecular complexity index is 681. The Balaban J connectivity index is 2.27. The molecule has 1 amide bonds. The van der Waals surface area contributed by atoms with E-state index in [-0.39, 0.29) is 11.9 Å². The van der Waals surface area contributed by atoms with Crippen LogP contribution in [0.1, 0.15) is 24.6 Å². The lowest BCUT2D eigenvalue weighted by molar-refractivity contribution is -0.119. The second-order valence-electron chi connectivity index (χ2n) is 4.55. The molecule has 2 rings (SSSR count). The van der Waals surface area contributed by atoms with Crippen molar-refractivity contribution in [2.45, 2.75) is 27.2 Å². The van der Waals surface area contributed by atoms with Crippen LogP contribution in [0.4, 0.5) is 5.95 Å². The van der Waals surface area contributed by atoms with Crippen molar-refractivity contribution in [2.75, 3.05) is 5.32 Å². The Labute approximate surface area is 117 Å². The van der Waals surface area contributed by atoms with E-state index < -0.39 is 0 Å². The zero-order valence-corrected chi connectivity index (χ0v) is 11.7. The van der Waals surface area contributed by atoms with Crippen molar-refractivity contribution in [1.29, 1.82) is 5.41 Å². The van der Waals surface area contributed by atoms with Crippen molar-refractivity contribution in [3.05, 3.63) is 29.5 Å². The molecule has 0 radical (unpaired) electrons. The van der Waals surface area contributed by atoms with E-state index in [0.717, 1.165) is 22.2 Å². The Morgan fingerprint density at radius 1 is 1.30 bits per heavy atom. The fourth-order valence-corrected chi connectivity index (χ4v) is 1.83. The van der Waals surface area contributed by atoms with E-state index >= 15 is 0 Å². The zero-order valence-electron chi connectivity index (χ0n) is 11.7. The third kappa shape index (κ3) is 3.09. The second-order valence-corrected chi connectivity index (χ2v) is 4.55. The summed E-state index contributed by atoms with van der Waals surface area (Å²) in [5.74, 6) is -0.0406. The van der Waals surface area contributed by atoms with Crippen molar-refractivity contribution in [2.24, 2.45) is 0 Å². The fourth-order valence-electron chi connectivity index (χ4n) is 1.83.